The number of amides is 3. The number of hydrogen-bond donors (Lipinski definition) is 1. The summed E-state index contributed by atoms with van der Waals surface area (Å²) in [6.45, 7) is 19.1. The van der Waals surface area contributed by atoms with Crippen molar-refractivity contribution in [1.29, 1.82) is 0 Å². The van der Waals surface area contributed by atoms with Gasteiger partial charge in [-0.2, -0.15) is 0 Å². The Balaban J connectivity index is 1.78. The van der Waals surface area contributed by atoms with Crippen LogP contribution in [0.15, 0.2) is 49.6 Å². The molecule has 3 aliphatic heterocycles. The van der Waals surface area contributed by atoms with Crippen molar-refractivity contribution >= 4 is 23.4 Å². The Bertz CT molecular complexity index is 1200. The molecule has 9 nitrogen and oxygen atoms in total. The lowest BCUT2D eigenvalue weighted by atomic mass is 9.62. The van der Waals surface area contributed by atoms with E-state index in [0.29, 0.717) is 50.4 Å². The lowest BCUT2D eigenvalue weighted by Gasteiger charge is -2.39. The van der Waals surface area contributed by atoms with Crippen molar-refractivity contribution in [3.8, 4) is 5.75 Å². The molecular weight excluding hydrogens is 546 g/mol. The minimum absolute atomic E-state index is 0.0621. The van der Waals surface area contributed by atoms with Crippen molar-refractivity contribution in [3.05, 3.63) is 49.6 Å². The SMILES string of the molecule is C=CCN(C(=O)[C@@H]1[C@H]2C(=O)N(CCCCCO)C(C(=O)N(CC=C)C(C)C)C23CC(C)[C@@]1(C)O3)c1ccc(OCC)cc1. The van der Waals surface area contributed by atoms with Gasteiger partial charge < -0.3 is 29.3 Å². The third kappa shape index (κ3) is 5.62. The first-order chi connectivity index (χ1) is 20.5. The van der Waals surface area contributed by atoms with Crippen molar-refractivity contribution in [2.24, 2.45) is 17.8 Å². The van der Waals surface area contributed by atoms with E-state index in [2.05, 4.69) is 20.1 Å². The van der Waals surface area contributed by atoms with Crippen LogP contribution in [-0.2, 0) is 19.1 Å². The van der Waals surface area contributed by atoms with Gasteiger partial charge in [-0.3, -0.25) is 14.4 Å². The Morgan fingerprint density at radius 2 is 1.81 bits per heavy atom. The number of carbonyl (C=O) groups excluding carboxylic acids is 3. The molecule has 3 saturated heterocycles. The second-order valence-electron chi connectivity index (χ2n) is 12.6. The maximum absolute atomic E-state index is 14.7. The van der Waals surface area contributed by atoms with E-state index in [9.17, 15) is 19.5 Å². The molecule has 2 bridgehead atoms. The predicted octanol–water partition coefficient (Wildman–Crippen LogP) is 4.20. The fourth-order valence-corrected chi connectivity index (χ4v) is 7.57. The van der Waals surface area contributed by atoms with Crippen LogP contribution in [0.1, 0.15) is 60.3 Å². The fraction of sp³-hybridized carbons (Fsp3) is 0.618. The van der Waals surface area contributed by atoms with Crippen LogP contribution in [0.25, 0.3) is 0 Å². The standard InChI is InChI=1S/C34H49N3O6/c1-8-18-35(23(4)5)32(41)29-34-22-24(6)33(7,43-34)27(28(34)31(40)37(29)20-12-11-13-21-38)30(39)36(19-9-2)25-14-16-26(17-15-25)42-10-3/h8-9,14-17,23-24,27-29,38H,1-2,10-13,18-22H2,3-7H3/t24?,27-,28-,29?,33+,34?/m0/s1. The Morgan fingerprint density at radius 3 is 2.40 bits per heavy atom. The molecule has 3 amide bonds. The van der Waals surface area contributed by atoms with E-state index in [0.717, 1.165) is 6.42 Å². The number of anilines is 1. The number of likely N-dealkylation sites (tertiary alicyclic amines) is 1. The van der Waals surface area contributed by atoms with Gasteiger partial charge in [-0.1, -0.05) is 19.1 Å². The number of aliphatic hydroxyl groups excluding tert-OH is 1. The molecule has 0 radical (unpaired) electrons. The van der Waals surface area contributed by atoms with Crippen LogP contribution >= 0.6 is 0 Å². The van der Waals surface area contributed by atoms with Gasteiger partial charge in [0.05, 0.1) is 24.0 Å². The molecule has 43 heavy (non-hydrogen) atoms. The minimum Gasteiger partial charge on any atom is -0.494 e. The van der Waals surface area contributed by atoms with Gasteiger partial charge in [-0.05, 0) is 83.6 Å². The quantitative estimate of drug-likeness (QED) is 0.241. The third-order valence-electron chi connectivity index (χ3n) is 9.64. The van der Waals surface area contributed by atoms with E-state index < -0.39 is 29.1 Å². The van der Waals surface area contributed by atoms with Crippen LogP contribution in [-0.4, -0.2) is 88.8 Å². The molecule has 9 heteroatoms. The minimum atomic E-state index is -1.12. The van der Waals surface area contributed by atoms with Crippen LogP contribution in [0.4, 0.5) is 5.69 Å². The average Bonchev–Trinajstić information content (AvgIpc) is 3.49. The molecule has 4 rings (SSSR count). The normalized spacial score (nSPS) is 29.1. The summed E-state index contributed by atoms with van der Waals surface area (Å²) in [5.41, 5.74) is -1.37. The molecule has 3 heterocycles. The summed E-state index contributed by atoms with van der Waals surface area (Å²) in [5, 5.41) is 9.32. The van der Waals surface area contributed by atoms with Gasteiger partial charge in [0.25, 0.3) is 0 Å². The van der Waals surface area contributed by atoms with E-state index in [1.54, 1.807) is 26.9 Å². The highest BCUT2D eigenvalue weighted by molar-refractivity contribution is 6.03. The van der Waals surface area contributed by atoms with Crippen LogP contribution in [0.2, 0.25) is 0 Å². The van der Waals surface area contributed by atoms with Gasteiger partial charge in [-0.15, -0.1) is 13.2 Å². The van der Waals surface area contributed by atoms with Crippen molar-refractivity contribution in [2.45, 2.75) is 83.6 Å². The molecular formula is C34H49N3O6. The zero-order valence-corrected chi connectivity index (χ0v) is 26.5. The molecule has 3 aliphatic rings. The summed E-state index contributed by atoms with van der Waals surface area (Å²) in [5.74, 6) is -1.51. The molecule has 1 aromatic rings. The topological polar surface area (TPSA) is 99.6 Å². The van der Waals surface area contributed by atoms with Gasteiger partial charge in [-0.25, -0.2) is 0 Å². The first-order valence-electron chi connectivity index (χ1n) is 15.7. The van der Waals surface area contributed by atoms with E-state index in [4.69, 9.17) is 9.47 Å². The Morgan fingerprint density at radius 1 is 1.14 bits per heavy atom. The van der Waals surface area contributed by atoms with E-state index in [1.807, 2.05) is 52.0 Å². The number of aliphatic hydroxyl groups is 1. The number of benzene rings is 1. The number of fused-ring (bicyclic) bond motifs is 1. The zero-order valence-electron chi connectivity index (χ0n) is 26.5. The Kier molecular flexibility index (Phi) is 10.1. The molecule has 3 unspecified atom stereocenters. The van der Waals surface area contributed by atoms with Gasteiger partial charge in [0, 0.05) is 38.0 Å². The molecule has 1 N–H and O–H groups in total. The highest BCUT2D eigenvalue weighted by Crippen LogP contribution is 2.65. The second kappa shape index (κ2) is 13.2. The second-order valence-corrected chi connectivity index (χ2v) is 12.6. The van der Waals surface area contributed by atoms with Gasteiger partial charge in [0.15, 0.2) is 0 Å². The largest absolute Gasteiger partial charge is 0.494 e. The first kappa shape index (κ1) is 32.7. The van der Waals surface area contributed by atoms with Gasteiger partial charge in [0.1, 0.15) is 17.4 Å². The van der Waals surface area contributed by atoms with Crippen LogP contribution in [0, 0.1) is 17.8 Å². The predicted molar refractivity (Wildman–Crippen MR) is 167 cm³/mol. The highest BCUT2D eigenvalue weighted by Gasteiger charge is 2.80. The van der Waals surface area contributed by atoms with Crippen LogP contribution in [0.5, 0.6) is 5.75 Å². The number of ether oxygens (including phenoxy) is 2. The lowest BCUT2D eigenvalue weighted by Crippen LogP contribution is -2.58. The summed E-state index contributed by atoms with van der Waals surface area (Å²) >= 11 is 0. The Labute approximate surface area is 256 Å². The number of nitrogens with zero attached hydrogens (tertiary/aromatic N) is 3. The average molecular weight is 596 g/mol. The smallest absolute Gasteiger partial charge is 0.248 e. The fourth-order valence-electron chi connectivity index (χ4n) is 7.57. The maximum atomic E-state index is 14.7. The van der Waals surface area contributed by atoms with Crippen LogP contribution < -0.4 is 9.64 Å². The maximum Gasteiger partial charge on any atom is 0.248 e. The van der Waals surface area contributed by atoms with E-state index >= 15 is 0 Å². The first-order valence-corrected chi connectivity index (χ1v) is 15.7. The zero-order chi connectivity index (χ0) is 31.5. The van der Waals surface area contributed by atoms with Crippen LogP contribution in [0.3, 0.4) is 0 Å². The summed E-state index contributed by atoms with van der Waals surface area (Å²) in [6, 6.07) is 6.38. The molecule has 0 aliphatic carbocycles. The monoisotopic (exact) mass is 595 g/mol. The summed E-state index contributed by atoms with van der Waals surface area (Å²) in [4.78, 5) is 48.7. The summed E-state index contributed by atoms with van der Waals surface area (Å²) in [7, 11) is 0. The molecule has 0 aromatic heterocycles. The molecule has 1 aromatic carbocycles. The summed E-state index contributed by atoms with van der Waals surface area (Å²) < 4.78 is 12.5. The molecule has 0 saturated carbocycles. The summed E-state index contributed by atoms with van der Waals surface area (Å²) in [6.07, 6.45) is 5.87. The van der Waals surface area contributed by atoms with Crippen molar-refractivity contribution in [1.82, 2.24) is 9.80 Å². The van der Waals surface area contributed by atoms with Gasteiger partial charge >= 0.3 is 0 Å². The Hall–Kier alpha value is -3.17. The third-order valence-corrected chi connectivity index (χ3v) is 9.64. The van der Waals surface area contributed by atoms with Gasteiger partial charge in [0.2, 0.25) is 17.7 Å². The molecule has 3 fully saturated rings. The molecule has 6 atom stereocenters. The highest BCUT2D eigenvalue weighted by atomic mass is 16.5. The van der Waals surface area contributed by atoms with Crippen molar-refractivity contribution in [3.63, 3.8) is 0 Å². The van der Waals surface area contributed by atoms with E-state index in [1.165, 1.54) is 0 Å². The lowest BCUT2D eigenvalue weighted by molar-refractivity contribution is -0.153. The van der Waals surface area contributed by atoms with Crippen molar-refractivity contribution < 1.29 is 29.0 Å². The van der Waals surface area contributed by atoms with E-state index in [-0.39, 0.29) is 42.8 Å². The number of hydrogen-bond acceptors (Lipinski definition) is 6. The number of rotatable bonds is 15. The number of unbranched alkanes of at least 4 members (excludes halogenated alkanes) is 2. The molecule has 1 spiro atoms. The molecule has 236 valence electrons. The van der Waals surface area contributed by atoms with Crippen molar-refractivity contribution in [2.75, 3.05) is 37.7 Å². The number of carbonyl (C=O) groups is 3.